The SMILES string of the molecule is CCCCCC(O)(Cn1cncn1)C(C)CO. The van der Waals surface area contributed by atoms with E-state index in [9.17, 15) is 10.2 Å². The second kappa shape index (κ2) is 6.71. The zero-order valence-corrected chi connectivity index (χ0v) is 10.7. The van der Waals surface area contributed by atoms with E-state index in [-0.39, 0.29) is 12.5 Å². The predicted octanol–water partition coefficient (Wildman–Crippen LogP) is 1.22. The Kier molecular flexibility index (Phi) is 5.58. The first-order chi connectivity index (χ1) is 8.12. The number of hydrogen-bond donors (Lipinski definition) is 2. The first kappa shape index (κ1) is 14.1. The molecule has 5 heteroatoms. The second-order valence-electron chi connectivity index (χ2n) is 4.74. The summed E-state index contributed by atoms with van der Waals surface area (Å²) in [6.07, 6.45) is 6.91. The molecule has 0 amide bonds. The number of hydrogen-bond acceptors (Lipinski definition) is 4. The van der Waals surface area contributed by atoms with Crippen molar-refractivity contribution >= 4 is 0 Å². The maximum absolute atomic E-state index is 10.6. The first-order valence-electron chi connectivity index (χ1n) is 6.28. The van der Waals surface area contributed by atoms with Gasteiger partial charge >= 0.3 is 0 Å². The molecule has 2 unspecified atom stereocenters. The molecule has 0 aromatic carbocycles. The fraction of sp³-hybridized carbons (Fsp3) is 0.833. The van der Waals surface area contributed by atoms with Crippen molar-refractivity contribution in [1.82, 2.24) is 14.8 Å². The van der Waals surface area contributed by atoms with E-state index >= 15 is 0 Å². The van der Waals surface area contributed by atoms with Gasteiger partial charge in [0.25, 0.3) is 0 Å². The van der Waals surface area contributed by atoms with Gasteiger partial charge < -0.3 is 10.2 Å². The van der Waals surface area contributed by atoms with Crippen LogP contribution in [0.15, 0.2) is 12.7 Å². The van der Waals surface area contributed by atoms with E-state index in [4.69, 9.17) is 0 Å². The minimum absolute atomic E-state index is 0.0165. The lowest BCUT2D eigenvalue weighted by molar-refractivity contribution is -0.0561. The maximum atomic E-state index is 10.6. The van der Waals surface area contributed by atoms with E-state index < -0.39 is 5.60 Å². The Bertz CT molecular complexity index is 303. The lowest BCUT2D eigenvalue weighted by Gasteiger charge is -2.33. The molecule has 0 radical (unpaired) electrons. The number of aliphatic hydroxyl groups is 2. The lowest BCUT2D eigenvalue weighted by atomic mass is 9.84. The summed E-state index contributed by atoms with van der Waals surface area (Å²) in [5.41, 5.74) is -0.905. The Labute approximate surface area is 102 Å². The predicted molar refractivity (Wildman–Crippen MR) is 65.4 cm³/mol. The molecule has 2 atom stereocenters. The highest BCUT2D eigenvalue weighted by atomic mass is 16.3. The summed E-state index contributed by atoms with van der Waals surface area (Å²) in [4.78, 5) is 3.87. The molecule has 0 aliphatic heterocycles. The molecule has 98 valence electrons. The number of unbranched alkanes of at least 4 members (excludes halogenated alkanes) is 2. The second-order valence-corrected chi connectivity index (χ2v) is 4.74. The molecule has 0 spiro atoms. The summed E-state index contributed by atoms with van der Waals surface area (Å²) in [5, 5.41) is 23.9. The third-order valence-corrected chi connectivity index (χ3v) is 3.31. The van der Waals surface area contributed by atoms with Gasteiger partial charge in [-0.3, -0.25) is 4.68 Å². The van der Waals surface area contributed by atoms with Gasteiger partial charge in [-0.25, -0.2) is 4.98 Å². The summed E-state index contributed by atoms with van der Waals surface area (Å²) >= 11 is 0. The van der Waals surface area contributed by atoms with Crippen LogP contribution >= 0.6 is 0 Å². The molecule has 0 saturated heterocycles. The van der Waals surface area contributed by atoms with E-state index in [1.54, 1.807) is 11.0 Å². The third-order valence-electron chi connectivity index (χ3n) is 3.31. The van der Waals surface area contributed by atoms with Gasteiger partial charge in [0.05, 0.1) is 12.1 Å². The molecule has 0 saturated carbocycles. The Morgan fingerprint density at radius 1 is 1.41 bits per heavy atom. The molecule has 1 aromatic heterocycles. The van der Waals surface area contributed by atoms with Crippen molar-refractivity contribution < 1.29 is 10.2 Å². The van der Waals surface area contributed by atoms with Gasteiger partial charge in [0.15, 0.2) is 0 Å². The fourth-order valence-corrected chi connectivity index (χ4v) is 1.93. The summed E-state index contributed by atoms with van der Waals surface area (Å²) < 4.78 is 1.62. The van der Waals surface area contributed by atoms with Crippen LogP contribution in [-0.4, -0.2) is 37.2 Å². The van der Waals surface area contributed by atoms with Gasteiger partial charge in [-0.1, -0.05) is 33.1 Å². The highest BCUT2D eigenvalue weighted by molar-refractivity contribution is 4.84. The molecule has 1 heterocycles. The van der Waals surface area contributed by atoms with Crippen molar-refractivity contribution in [3.63, 3.8) is 0 Å². The first-order valence-corrected chi connectivity index (χ1v) is 6.28. The molecule has 0 aliphatic rings. The van der Waals surface area contributed by atoms with Gasteiger partial charge in [0.2, 0.25) is 0 Å². The number of aliphatic hydroxyl groups excluding tert-OH is 1. The van der Waals surface area contributed by atoms with Crippen LogP contribution in [0.3, 0.4) is 0 Å². The van der Waals surface area contributed by atoms with Crippen LogP contribution in [0.4, 0.5) is 0 Å². The Balaban J connectivity index is 2.64. The standard InChI is InChI=1S/C12H23N3O2/c1-3-4-5-6-12(17,11(2)7-16)8-15-10-13-9-14-15/h9-11,16-17H,3-8H2,1-2H3. The van der Waals surface area contributed by atoms with Gasteiger partial charge in [0, 0.05) is 12.5 Å². The van der Waals surface area contributed by atoms with E-state index in [1.807, 2.05) is 6.92 Å². The summed E-state index contributed by atoms with van der Waals surface area (Å²) in [6.45, 7) is 4.37. The largest absolute Gasteiger partial charge is 0.396 e. The van der Waals surface area contributed by atoms with Crippen LogP contribution in [-0.2, 0) is 6.54 Å². The normalized spacial score (nSPS) is 16.7. The van der Waals surface area contributed by atoms with Gasteiger partial charge in [0.1, 0.15) is 12.7 Å². The molecule has 1 rings (SSSR count). The molecule has 5 nitrogen and oxygen atoms in total. The van der Waals surface area contributed by atoms with Crippen LogP contribution in [0.1, 0.15) is 39.5 Å². The molecule has 0 aliphatic carbocycles. The maximum Gasteiger partial charge on any atom is 0.137 e. The van der Waals surface area contributed by atoms with Crippen LogP contribution in [0.5, 0.6) is 0 Å². The Morgan fingerprint density at radius 2 is 2.18 bits per heavy atom. The molecule has 0 fully saturated rings. The van der Waals surface area contributed by atoms with Crippen molar-refractivity contribution in [3.8, 4) is 0 Å². The van der Waals surface area contributed by atoms with Gasteiger partial charge in [-0.2, -0.15) is 5.10 Å². The Morgan fingerprint density at radius 3 is 2.71 bits per heavy atom. The zero-order valence-electron chi connectivity index (χ0n) is 10.7. The molecular weight excluding hydrogens is 218 g/mol. The third kappa shape index (κ3) is 4.09. The summed E-state index contributed by atoms with van der Waals surface area (Å²) in [7, 11) is 0. The minimum atomic E-state index is -0.905. The molecular formula is C12H23N3O2. The van der Waals surface area contributed by atoms with Crippen LogP contribution < -0.4 is 0 Å². The van der Waals surface area contributed by atoms with Gasteiger partial charge in [-0.05, 0) is 6.42 Å². The average molecular weight is 241 g/mol. The van der Waals surface area contributed by atoms with Crippen LogP contribution in [0, 0.1) is 5.92 Å². The van der Waals surface area contributed by atoms with E-state index in [1.165, 1.54) is 6.33 Å². The number of aromatic nitrogens is 3. The molecule has 17 heavy (non-hydrogen) atoms. The van der Waals surface area contributed by atoms with Crippen molar-refractivity contribution in [3.05, 3.63) is 12.7 Å². The number of nitrogens with zero attached hydrogens (tertiary/aromatic N) is 3. The lowest BCUT2D eigenvalue weighted by Crippen LogP contribution is -2.42. The van der Waals surface area contributed by atoms with E-state index in [2.05, 4.69) is 17.0 Å². The topological polar surface area (TPSA) is 71.2 Å². The highest BCUT2D eigenvalue weighted by Crippen LogP contribution is 2.26. The monoisotopic (exact) mass is 241 g/mol. The molecule has 1 aromatic rings. The molecule has 0 bridgehead atoms. The van der Waals surface area contributed by atoms with Crippen molar-refractivity contribution in [1.29, 1.82) is 0 Å². The highest BCUT2D eigenvalue weighted by Gasteiger charge is 2.33. The molecule has 2 N–H and O–H groups in total. The van der Waals surface area contributed by atoms with Gasteiger partial charge in [-0.15, -0.1) is 0 Å². The fourth-order valence-electron chi connectivity index (χ4n) is 1.93. The average Bonchev–Trinajstić information content (AvgIpc) is 2.81. The van der Waals surface area contributed by atoms with Crippen molar-refractivity contribution in [2.45, 2.75) is 51.7 Å². The van der Waals surface area contributed by atoms with Crippen molar-refractivity contribution in [2.75, 3.05) is 6.61 Å². The number of rotatable bonds is 8. The van der Waals surface area contributed by atoms with Crippen LogP contribution in [0.25, 0.3) is 0 Å². The smallest absolute Gasteiger partial charge is 0.137 e. The zero-order chi connectivity index (χ0) is 12.7. The van der Waals surface area contributed by atoms with Crippen molar-refractivity contribution in [2.24, 2.45) is 5.92 Å². The minimum Gasteiger partial charge on any atom is -0.396 e. The Hall–Kier alpha value is -0.940. The summed E-state index contributed by atoms with van der Waals surface area (Å²) in [6, 6.07) is 0. The quantitative estimate of drug-likeness (QED) is 0.671. The van der Waals surface area contributed by atoms with E-state index in [0.717, 1.165) is 19.3 Å². The summed E-state index contributed by atoms with van der Waals surface area (Å²) in [5.74, 6) is -0.163. The van der Waals surface area contributed by atoms with Crippen LogP contribution in [0.2, 0.25) is 0 Å². The van der Waals surface area contributed by atoms with E-state index in [0.29, 0.717) is 13.0 Å².